The van der Waals surface area contributed by atoms with Gasteiger partial charge in [-0.2, -0.15) is 13.2 Å². The van der Waals surface area contributed by atoms with Gasteiger partial charge in [-0.3, -0.25) is 14.7 Å². The van der Waals surface area contributed by atoms with E-state index in [2.05, 4.69) is 4.98 Å². The molecule has 1 fully saturated rings. The maximum absolute atomic E-state index is 13.0. The number of pyridine rings is 1. The van der Waals surface area contributed by atoms with Crippen LogP contribution in [0.4, 0.5) is 13.2 Å². The number of fused-ring (bicyclic) bond motifs is 1. The molecule has 1 N–H and O–H groups in total. The predicted octanol–water partition coefficient (Wildman–Crippen LogP) is 2.93. The zero-order valence-electron chi connectivity index (χ0n) is 12.1. The van der Waals surface area contributed by atoms with Gasteiger partial charge >= 0.3 is 12.1 Å². The maximum Gasteiger partial charge on any atom is 0.393 e. The highest BCUT2D eigenvalue weighted by Crippen LogP contribution is 2.38. The minimum atomic E-state index is -4.51. The minimum Gasteiger partial charge on any atom is -0.481 e. The van der Waals surface area contributed by atoms with Crippen molar-refractivity contribution < 1.29 is 23.1 Å². The van der Waals surface area contributed by atoms with Crippen molar-refractivity contribution in [3.05, 3.63) is 42.1 Å². The fourth-order valence-corrected chi connectivity index (χ4v) is 3.13. The summed E-state index contributed by atoms with van der Waals surface area (Å²) in [6.07, 6.45) is -2.87. The van der Waals surface area contributed by atoms with Crippen LogP contribution in [0.3, 0.4) is 0 Å². The topological polar surface area (TPSA) is 53.4 Å². The number of alkyl halides is 3. The number of carbonyl (C=O) groups is 1. The molecule has 1 aromatic carbocycles. The van der Waals surface area contributed by atoms with Crippen LogP contribution in [0.2, 0.25) is 0 Å². The van der Waals surface area contributed by atoms with E-state index >= 15 is 0 Å². The van der Waals surface area contributed by atoms with Crippen molar-refractivity contribution in [3.63, 3.8) is 0 Å². The van der Waals surface area contributed by atoms with Crippen molar-refractivity contribution >= 4 is 16.9 Å². The molecule has 0 saturated carbocycles. The van der Waals surface area contributed by atoms with Gasteiger partial charge in [-0.15, -0.1) is 0 Å². The van der Waals surface area contributed by atoms with Crippen molar-refractivity contribution in [2.24, 2.45) is 11.8 Å². The third kappa shape index (κ3) is 3.14. The van der Waals surface area contributed by atoms with Crippen LogP contribution in [0.15, 0.2) is 36.5 Å². The van der Waals surface area contributed by atoms with Gasteiger partial charge in [0, 0.05) is 31.2 Å². The fraction of sp³-hybridized carbons (Fsp3) is 0.375. The van der Waals surface area contributed by atoms with Gasteiger partial charge < -0.3 is 5.11 Å². The number of nitrogens with zero attached hydrogens (tertiary/aromatic N) is 2. The van der Waals surface area contributed by atoms with Crippen LogP contribution in [0.1, 0.15) is 5.56 Å². The molecule has 1 aromatic heterocycles. The van der Waals surface area contributed by atoms with Crippen LogP contribution in [0.25, 0.3) is 10.9 Å². The van der Waals surface area contributed by atoms with Gasteiger partial charge in [-0.1, -0.05) is 24.3 Å². The smallest absolute Gasteiger partial charge is 0.393 e. The van der Waals surface area contributed by atoms with Crippen molar-refractivity contribution in [2.45, 2.75) is 12.7 Å². The largest absolute Gasteiger partial charge is 0.481 e. The lowest BCUT2D eigenvalue weighted by molar-refractivity contribution is -0.188. The third-order valence-corrected chi connectivity index (χ3v) is 4.24. The Hall–Kier alpha value is -2.15. The van der Waals surface area contributed by atoms with Gasteiger partial charge in [0.15, 0.2) is 0 Å². The highest BCUT2D eigenvalue weighted by Gasteiger charge is 2.52. The molecular formula is C16H15F3N2O2. The molecule has 2 aromatic rings. The summed E-state index contributed by atoms with van der Waals surface area (Å²) in [5.41, 5.74) is 1.53. The molecule has 2 atom stereocenters. The number of carboxylic acids is 1. The molecular weight excluding hydrogens is 309 g/mol. The molecule has 1 aliphatic heterocycles. The first kappa shape index (κ1) is 15.7. The van der Waals surface area contributed by atoms with Crippen molar-refractivity contribution in [3.8, 4) is 0 Å². The first-order valence-electron chi connectivity index (χ1n) is 7.21. The summed E-state index contributed by atoms with van der Waals surface area (Å²) >= 11 is 0. The van der Waals surface area contributed by atoms with E-state index in [9.17, 15) is 18.0 Å². The average Bonchev–Trinajstić information content (AvgIpc) is 2.92. The normalized spacial score (nSPS) is 22.6. The highest BCUT2D eigenvalue weighted by atomic mass is 19.4. The van der Waals surface area contributed by atoms with Gasteiger partial charge in [0.25, 0.3) is 0 Å². The summed E-state index contributed by atoms with van der Waals surface area (Å²) in [7, 11) is 0. The van der Waals surface area contributed by atoms with Crippen molar-refractivity contribution in [1.82, 2.24) is 9.88 Å². The van der Waals surface area contributed by atoms with Gasteiger partial charge in [0.1, 0.15) is 0 Å². The number of hydrogen-bond donors (Lipinski definition) is 1. The Balaban J connectivity index is 1.84. The molecule has 1 saturated heterocycles. The van der Waals surface area contributed by atoms with E-state index in [0.29, 0.717) is 0 Å². The van der Waals surface area contributed by atoms with Crippen LogP contribution < -0.4 is 0 Å². The molecule has 122 valence electrons. The molecule has 0 bridgehead atoms. The molecule has 0 amide bonds. The van der Waals surface area contributed by atoms with Crippen molar-refractivity contribution in [1.29, 1.82) is 0 Å². The zero-order chi connectivity index (χ0) is 16.6. The zero-order valence-corrected chi connectivity index (χ0v) is 12.1. The van der Waals surface area contributed by atoms with E-state index in [4.69, 9.17) is 5.11 Å². The number of para-hydroxylation sites is 1. The second kappa shape index (κ2) is 5.81. The van der Waals surface area contributed by atoms with Gasteiger partial charge in [-0.25, -0.2) is 0 Å². The Morgan fingerprint density at radius 3 is 2.65 bits per heavy atom. The van der Waals surface area contributed by atoms with Crippen LogP contribution in [-0.4, -0.2) is 40.2 Å². The second-order valence-electron chi connectivity index (χ2n) is 5.78. The molecule has 4 nitrogen and oxygen atoms in total. The summed E-state index contributed by atoms with van der Waals surface area (Å²) < 4.78 is 39.1. The van der Waals surface area contributed by atoms with E-state index < -0.39 is 24.0 Å². The lowest BCUT2D eigenvalue weighted by atomic mass is 9.96. The van der Waals surface area contributed by atoms with Crippen LogP contribution in [0.5, 0.6) is 0 Å². The lowest BCUT2D eigenvalue weighted by Gasteiger charge is -2.18. The Labute approximate surface area is 130 Å². The van der Waals surface area contributed by atoms with Crippen LogP contribution in [-0.2, 0) is 11.3 Å². The summed E-state index contributed by atoms with van der Waals surface area (Å²) in [4.78, 5) is 17.0. The Kier molecular flexibility index (Phi) is 3.97. The summed E-state index contributed by atoms with van der Waals surface area (Å²) in [5.74, 6) is -4.65. The number of hydrogen-bond acceptors (Lipinski definition) is 3. The van der Waals surface area contributed by atoms with Crippen molar-refractivity contribution in [2.75, 3.05) is 13.1 Å². The minimum absolute atomic E-state index is 0.108. The number of halogens is 3. The standard InChI is InChI=1S/C16H15F3N2O2/c17-16(18,19)13-9-21(8-12(13)15(22)23)7-11-4-1-3-10-5-2-6-20-14(10)11/h1-6,12-13H,7-9H2,(H,22,23)/t12-,13-/m1/s1. The van der Waals surface area contributed by atoms with Crippen LogP contribution >= 0.6 is 0 Å². The summed E-state index contributed by atoms with van der Waals surface area (Å²) in [6, 6.07) is 9.20. The Morgan fingerprint density at radius 2 is 2.00 bits per heavy atom. The van der Waals surface area contributed by atoms with Gasteiger partial charge in [0.2, 0.25) is 0 Å². The van der Waals surface area contributed by atoms with Crippen LogP contribution in [0, 0.1) is 11.8 Å². The molecule has 1 aliphatic rings. The van der Waals surface area contributed by atoms with E-state index in [1.807, 2.05) is 24.3 Å². The first-order chi connectivity index (χ1) is 10.9. The quantitative estimate of drug-likeness (QED) is 0.943. The molecule has 3 rings (SSSR count). The number of aliphatic carboxylic acids is 1. The third-order valence-electron chi connectivity index (χ3n) is 4.24. The number of benzene rings is 1. The molecule has 0 unspecified atom stereocenters. The average molecular weight is 324 g/mol. The number of likely N-dealkylation sites (tertiary alicyclic amines) is 1. The first-order valence-corrected chi connectivity index (χ1v) is 7.21. The monoisotopic (exact) mass is 324 g/mol. The lowest BCUT2D eigenvalue weighted by Crippen LogP contribution is -2.33. The molecule has 7 heteroatoms. The van der Waals surface area contributed by atoms with E-state index in [-0.39, 0.29) is 19.6 Å². The molecule has 0 aliphatic carbocycles. The van der Waals surface area contributed by atoms with Gasteiger partial charge in [0.05, 0.1) is 17.4 Å². The Bertz CT molecular complexity index is 727. The molecule has 0 spiro atoms. The predicted molar refractivity (Wildman–Crippen MR) is 77.7 cm³/mol. The number of carboxylic acid groups (broad SMARTS) is 1. The number of aromatic nitrogens is 1. The second-order valence-corrected chi connectivity index (χ2v) is 5.78. The van der Waals surface area contributed by atoms with E-state index in [1.54, 1.807) is 17.2 Å². The molecule has 23 heavy (non-hydrogen) atoms. The maximum atomic E-state index is 13.0. The van der Waals surface area contributed by atoms with E-state index in [0.717, 1.165) is 16.5 Å². The SMILES string of the molecule is O=C(O)[C@@H]1CN(Cc2cccc3cccnc23)C[C@H]1C(F)(F)F. The summed E-state index contributed by atoms with van der Waals surface area (Å²) in [5, 5.41) is 9.97. The summed E-state index contributed by atoms with van der Waals surface area (Å²) in [6.45, 7) is -0.156. The molecule has 0 radical (unpaired) electrons. The van der Waals surface area contributed by atoms with Gasteiger partial charge in [-0.05, 0) is 11.6 Å². The van der Waals surface area contributed by atoms with E-state index in [1.165, 1.54) is 0 Å². The fourth-order valence-electron chi connectivity index (χ4n) is 3.13. The Morgan fingerprint density at radius 1 is 1.26 bits per heavy atom. The highest BCUT2D eigenvalue weighted by molar-refractivity contribution is 5.81. The molecule has 2 heterocycles. The number of rotatable bonds is 3.